The number of hydrogen-bond donors (Lipinski definition) is 1. The third kappa shape index (κ3) is 3.05. The summed E-state index contributed by atoms with van der Waals surface area (Å²) in [6.07, 6.45) is 1.70. The first kappa shape index (κ1) is 18.2. The molecule has 0 spiro atoms. The molecule has 8 heteroatoms. The highest BCUT2D eigenvalue weighted by molar-refractivity contribution is 6.09. The van der Waals surface area contributed by atoms with Crippen LogP contribution in [0.1, 0.15) is 47.2 Å². The van der Waals surface area contributed by atoms with Crippen LogP contribution >= 0.6 is 0 Å². The van der Waals surface area contributed by atoms with Crippen LogP contribution < -0.4 is 10.2 Å². The Kier molecular flexibility index (Phi) is 4.64. The molecule has 4 heterocycles. The number of nitrogens with one attached hydrogen (secondary N) is 1. The van der Waals surface area contributed by atoms with E-state index in [9.17, 15) is 4.79 Å². The van der Waals surface area contributed by atoms with Crippen molar-refractivity contribution >= 4 is 11.7 Å². The Morgan fingerprint density at radius 3 is 2.82 bits per heavy atom. The van der Waals surface area contributed by atoms with Crippen LogP contribution in [0.25, 0.3) is 11.5 Å². The van der Waals surface area contributed by atoms with Gasteiger partial charge in [0.25, 0.3) is 5.91 Å². The van der Waals surface area contributed by atoms with Crippen LogP contribution in [0.5, 0.6) is 0 Å². The predicted octanol–water partition coefficient (Wildman–Crippen LogP) is 2.50. The summed E-state index contributed by atoms with van der Waals surface area (Å²) in [7, 11) is 1.88. The van der Waals surface area contributed by atoms with Crippen LogP contribution in [0.15, 0.2) is 30.6 Å². The molecule has 3 aromatic rings. The third-order valence-corrected chi connectivity index (χ3v) is 4.84. The Morgan fingerprint density at radius 2 is 2.07 bits per heavy atom. The smallest absolute Gasteiger partial charge is 0.260 e. The number of hydrogen-bond acceptors (Lipinski definition) is 6. The largest absolute Gasteiger partial charge is 0.314 e. The molecule has 0 saturated carbocycles. The summed E-state index contributed by atoms with van der Waals surface area (Å²) >= 11 is 0. The number of anilines is 1. The monoisotopic (exact) mass is 377 g/mol. The molecule has 1 aliphatic rings. The molecule has 8 nitrogen and oxygen atoms in total. The van der Waals surface area contributed by atoms with Crippen molar-refractivity contribution in [3.63, 3.8) is 0 Å². The summed E-state index contributed by atoms with van der Waals surface area (Å²) in [5.74, 6) is 1.24. The second-order valence-corrected chi connectivity index (χ2v) is 7.19. The lowest BCUT2D eigenvalue weighted by Crippen LogP contribution is -2.24. The van der Waals surface area contributed by atoms with Gasteiger partial charge in [0.2, 0.25) is 0 Å². The van der Waals surface area contributed by atoms with E-state index in [1.54, 1.807) is 11.2 Å². The van der Waals surface area contributed by atoms with Gasteiger partial charge in [0.1, 0.15) is 17.8 Å². The molecule has 0 bridgehead atoms. The van der Waals surface area contributed by atoms with Gasteiger partial charge >= 0.3 is 0 Å². The van der Waals surface area contributed by atoms with E-state index in [1.807, 2.05) is 42.8 Å². The fourth-order valence-corrected chi connectivity index (χ4v) is 3.51. The topological polar surface area (TPSA) is 88.8 Å². The standard InChI is InChI=1S/C20H23N7O/c1-12(2)27-11-22-25-19(27)16-6-5-7-18(24-16)26-10-15-14(20(26)28)8-13(3)23-17(15)9-21-4/h5-8,11-12,21H,9-10H2,1-4H3. The van der Waals surface area contributed by atoms with Crippen molar-refractivity contribution in [3.05, 3.63) is 53.1 Å². The van der Waals surface area contributed by atoms with E-state index >= 15 is 0 Å². The summed E-state index contributed by atoms with van der Waals surface area (Å²) in [6, 6.07) is 7.70. The molecule has 1 aliphatic heterocycles. The van der Waals surface area contributed by atoms with E-state index < -0.39 is 0 Å². The van der Waals surface area contributed by atoms with E-state index in [0.717, 1.165) is 17.0 Å². The molecule has 4 rings (SSSR count). The molecule has 0 radical (unpaired) electrons. The molecule has 1 amide bonds. The average molecular weight is 377 g/mol. The van der Waals surface area contributed by atoms with Crippen molar-refractivity contribution in [2.75, 3.05) is 11.9 Å². The highest BCUT2D eigenvalue weighted by atomic mass is 16.2. The SMILES string of the molecule is CNCc1nc(C)cc2c1CN(c1cccc(-c3nncn3C(C)C)n1)C2=O. The number of carbonyl (C=O) groups excluding carboxylic acids is 1. The van der Waals surface area contributed by atoms with Gasteiger partial charge in [0, 0.05) is 29.4 Å². The number of aryl methyl sites for hydroxylation is 1. The zero-order valence-electron chi connectivity index (χ0n) is 16.5. The molecule has 0 aliphatic carbocycles. The first-order valence-corrected chi connectivity index (χ1v) is 9.32. The lowest BCUT2D eigenvalue weighted by molar-refractivity contribution is 0.0996. The van der Waals surface area contributed by atoms with Crippen molar-refractivity contribution in [1.82, 2.24) is 30.0 Å². The Labute approximate surface area is 163 Å². The third-order valence-electron chi connectivity index (χ3n) is 4.84. The van der Waals surface area contributed by atoms with Crippen molar-refractivity contribution < 1.29 is 4.79 Å². The summed E-state index contributed by atoms with van der Waals surface area (Å²) in [4.78, 5) is 24.1. The average Bonchev–Trinajstić information content (AvgIpc) is 3.28. The lowest BCUT2D eigenvalue weighted by atomic mass is 10.1. The summed E-state index contributed by atoms with van der Waals surface area (Å²) in [6.45, 7) is 7.13. The van der Waals surface area contributed by atoms with E-state index in [-0.39, 0.29) is 11.9 Å². The Hall–Kier alpha value is -3.13. The van der Waals surface area contributed by atoms with Gasteiger partial charge in [0.05, 0.1) is 12.2 Å². The first-order chi connectivity index (χ1) is 13.5. The van der Waals surface area contributed by atoms with Crippen LogP contribution in [-0.2, 0) is 13.1 Å². The van der Waals surface area contributed by atoms with Gasteiger partial charge < -0.3 is 9.88 Å². The number of amides is 1. The van der Waals surface area contributed by atoms with Gasteiger partial charge in [-0.1, -0.05) is 6.07 Å². The molecule has 0 atom stereocenters. The van der Waals surface area contributed by atoms with Crippen LogP contribution in [0.3, 0.4) is 0 Å². The number of carbonyl (C=O) groups is 1. The highest BCUT2D eigenvalue weighted by Gasteiger charge is 2.32. The number of aromatic nitrogens is 5. The quantitative estimate of drug-likeness (QED) is 0.735. The fourth-order valence-electron chi connectivity index (χ4n) is 3.51. The maximum Gasteiger partial charge on any atom is 0.260 e. The molecule has 28 heavy (non-hydrogen) atoms. The van der Waals surface area contributed by atoms with Gasteiger partial charge in [-0.3, -0.25) is 14.7 Å². The molecular formula is C20H23N7O. The maximum absolute atomic E-state index is 13.1. The van der Waals surface area contributed by atoms with Crippen molar-refractivity contribution in [1.29, 1.82) is 0 Å². The van der Waals surface area contributed by atoms with Crippen LogP contribution in [0, 0.1) is 6.92 Å². The minimum atomic E-state index is -0.0483. The zero-order valence-corrected chi connectivity index (χ0v) is 16.5. The Morgan fingerprint density at radius 1 is 1.25 bits per heavy atom. The predicted molar refractivity (Wildman–Crippen MR) is 106 cm³/mol. The van der Waals surface area contributed by atoms with Crippen LogP contribution in [-0.4, -0.2) is 37.7 Å². The van der Waals surface area contributed by atoms with Gasteiger partial charge in [-0.05, 0) is 46.0 Å². The second kappa shape index (κ2) is 7.12. The Bertz CT molecular complexity index is 1040. The summed E-state index contributed by atoms with van der Waals surface area (Å²) < 4.78 is 1.96. The molecule has 0 saturated heterocycles. The van der Waals surface area contributed by atoms with Crippen molar-refractivity contribution in [3.8, 4) is 11.5 Å². The molecule has 0 unspecified atom stereocenters. The van der Waals surface area contributed by atoms with E-state index in [1.165, 1.54) is 0 Å². The number of nitrogens with zero attached hydrogens (tertiary/aromatic N) is 6. The lowest BCUT2D eigenvalue weighted by Gasteiger charge is -2.16. The first-order valence-electron chi connectivity index (χ1n) is 9.32. The van der Waals surface area contributed by atoms with E-state index in [4.69, 9.17) is 4.98 Å². The number of pyridine rings is 2. The van der Waals surface area contributed by atoms with Gasteiger partial charge in [-0.2, -0.15) is 0 Å². The van der Waals surface area contributed by atoms with Crippen LogP contribution in [0.4, 0.5) is 5.82 Å². The minimum Gasteiger partial charge on any atom is -0.314 e. The minimum absolute atomic E-state index is 0.0483. The summed E-state index contributed by atoms with van der Waals surface area (Å²) in [5.41, 5.74) is 4.10. The normalized spacial score (nSPS) is 13.5. The number of fused-ring (bicyclic) bond motifs is 1. The molecule has 3 aromatic heterocycles. The van der Waals surface area contributed by atoms with Crippen LogP contribution in [0.2, 0.25) is 0 Å². The molecule has 1 N–H and O–H groups in total. The van der Waals surface area contributed by atoms with Crippen molar-refractivity contribution in [2.24, 2.45) is 0 Å². The van der Waals surface area contributed by atoms with Crippen molar-refractivity contribution in [2.45, 2.75) is 39.9 Å². The fraction of sp³-hybridized carbons (Fsp3) is 0.350. The van der Waals surface area contributed by atoms with E-state index in [2.05, 4.69) is 34.3 Å². The second-order valence-electron chi connectivity index (χ2n) is 7.19. The maximum atomic E-state index is 13.1. The van der Waals surface area contributed by atoms with Gasteiger partial charge in [-0.15, -0.1) is 10.2 Å². The molecule has 144 valence electrons. The van der Waals surface area contributed by atoms with Gasteiger partial charge in [-0.25, -0.2) is 4.98 Å². The van der Waals surface area contributed by atoms with Gasteiger partial charge in [0.15, 0.2) is 5.82 Å². The summed E-state index contributed by atoms with van der Waals surface area (Å²) in [5, 5.41) is 11.4. The molecule has 0 aromatic carbocycles. The Balaban J connectivity index is 1.72. The molecule has 0 fully saturated rings. The molecular weight excluding hydrogens is 354 g/mol. The van der Waals surface area contributed by atoms with E-state index in [0.29, 0.717) is 36.0 Å². The zero-order chi connectivity index (χ0) is 19.8. The number of rotatable bonds is 5. The highest BCUT2D eigenvalue weighted by Crippen LogP contribution is 2.30.